The fraction of sp³-hybridized carbons (Fsp3) is 0.917. The van der Waals surface area contributed by atoms with E-state index in [1.807, 2.05) is 0 Å². The van der Waals surface area contributed by atoms with E-state index in [4.69, 9.17) is 5.41 Å². The third-order valence-corrected chi connectivity index (χ3v) is 9.75. The first-order valence-electron chi connectivity index (χ1n) is 12.9. The number of hydrogen-bond acceptors (Lipinski definition) is 4. The zero-order valence-corrected chi connectivity index (χ0v) is 20.6. The van der Waals surface area contributed by atoms with Gasteiger partial charge in [0.2, 0.25) is 10.0 Å². The Bertz CT molecular complexity index is 767. The Hall–Kier alpha value is -1.15. The van der Waals surface area contributed by atoms with Crippen LogP contribution >= 0.6 is 0 Å². The highest BCUT2D eigenvalue weighted by atomic mass is 32.2. The number of rotatable bonds is 8. The average Bonchev–Trinajstić information content (AvgIpc) is 3.32. The van der Waals surface area contributed by atoms with E-state index in [9.17, 15) is 13.2 Å². The first-order chi connectivity index (χ1) is 15.3. The van der Waals surface area contributed by atoms with Gasteiger partial charge in [0.1, 0.15) is 5.54 Å². The second-order valence-electron chi connectivity index (χ2n) is 11.0. The number of nitrogens with one attached hydrogen (secondary N) is 2. The van der Waals surface area contributed by atoms with E-state index in [0.717, 1.165) is 25.7 Å². The molecule has 8 heteroatoms. The monoisotopic (exact) mass is 466 g/mol. The predicted molar refractivity (Wildman–Crippen MR) is 127 cm³/mol. The van der Waals surface area contributed by atoms with Crippen molar-refractivity contribution in [1.29, 1.82) is 5.41 Å². The molecule has 0 spiro atoms. The van der Waals surface area contributed by atoms with Gasteiger partial charge in [-0.15, -0.1) is 0 Å². The third-order valence-electron chi connectivity index (χ3n) is 8.48. The second-order valence-corrected chi connectivity index (χ2v) is 13.0. The molecule has 0 bridgehead atoms. The molecule has 182 valence electrons. The van der Waals surface area contributed by atoms with Gasteiger partial charge in [0.15, 0.2) is 5.96 Å². The van der Waals surface area contributed by atoms with Crippen LogP contribution in [0.1, 0.15) is 89.9 Å². The van der Waals surface area contributed by atoms with Crippen LogP contribution in [0.3, 0.4) is 0 Å². The van der Waals surface area contributed by atoms with Gasteiger partial charge >= 0.3 is 0 Å². The molecule has 0 aromatic carbocycles. The second kappa shape index (κ2) is 10.00. The van der Waals surface area contributed by atoms with Gasteiger partial charge in [-0.2, -0.15) is 0 Å². The maximum Gasteiger partial charge on any atom is 0.255 e. The van der Waals surface area contributed by atoms with Gasteiger partial charge in [0, 0.05) is 19.6 Å². The van der Waals surface area contributed by atoms with Crippen LogP contribution in [0.2, 0.25) is 0 Å². The van der Waals surface area contributed by atoms with Crippen LogP contribution in [0, 0.1) is 23.2 Å². The van der Waals surface area contributed by atoms with Crippen molar-refractivity contribution in [3.05, 3.63) is 0 Å². The van der Waals surface area contributed by atoms with Crippen molar-refractivity contribution in [2.75, 3.05) is 25.9 Å². The normalized spacial score (nSPS) is 28.4. The highest BCUT2D eigenvalue weighted by Crippen LogP contribution is 2.40. The van der Waals surface area contributed by atoms with Crippen LogP contribution in [-0.2, 0) is 14.8 Å². The molecule has 7 nitrogen and oxygen atoms in total. The minimum absolute atomic E-state index is 0.108. The Morgan fingerprint density at radius 1 is 0.938 bits per heavy atom. The molecule has 2 saturated heterocycles. The summed E-state index contributed by atoms with van der Waals surface area (Å²) in [5.74, 6) is 1.79. The summed E-state index contributed by atoms with van der Waals surface area (Å²) in [6.07, 6.45) is 17.1. The summed E-state index contributed by atoms with van der Waals surface area (Å²) in [4.78, 5) is 15.5. The van der Waals surface area contributed by atoms with Gasteiger partial charge in [-0.25, -0.2) is 12.7 Å². The van der Waals surface area contributed by atoms with Gasteiger partial charge in [-0.1, -0.05) is 64.2 Å². The lowest BCUT2D eigenvalue weighted by atomic mass is 9.73. The Balaban J connectivity index is 1.42. The van der Waals surface area contributed by atoms with E-state index in [0.29, 0.717) is 31.5 Å². The van der Waals surface area contributed by atoms with E-state index < -0.39 is 15.6 Å². The summed E-state index contributed by atoms with van der Waals surface area (Å²) in [6.45, 7) is 1.63. The largest absolute Gasteiger partial charge is 0.342 e. The highest BCUT2D eigenvalue weighted by Gasteiger charge is 2.51. The minimum atomic E-state index is -3.15. The molecule has 4 aliphatic rings. The van der Waals surface area contributed by atoms with Crippen LogP contribution in [0.15, 0.2) is 0 Å². The molecule has 0 aromatic rings. The summed E-state index contributed by atoms with van der Waals surface area (Å²) in [6, 6.07) is 0. The van der Waals surface area contributed by atoms with Gasteiger partial charge in [-0.05, 0) is 43.4 Å². The van der Waals surface area contributed by atoms with E-state index in [1.54, 1.807) is 9.21 Å². The molecular weight excluding hydrogens is 424 g/mol. The van der Waals surface area contributed by atoms with Gasteiger partial charge in [0.25, 0.3) is 5.91 Å². The van der Waals surface area contributed by atoms with Gasteiger partial charge in [-0.3, -0.25) is 15.1 Å². The summed E-state index contributed by atoms with van der Waals surface area (Å²) < 4.78 is 25.2. The molecule has 1 unspecified atom stereocenters. The van der Waals surface area contributed by atoms with Crippen molar-refractivity contribution in [2.45, 2.75) is 95.4 Å². The number of nitrogens with zero attached hydrogens (tertiary/aromatic N) is 2. The van der Waals surface area contributed by atoms with Gasteiger partial charge < -0.3 is 5.32 Å². The smallest absolute Gasteiger partial charge is 0.255 e. The van der Waals surface area contributed by atoms with Crippen molar-refractivity contribution < 1.29 is 13.2 Å². The standard InChI is InChI=1S/C24H42N4O3S/c1-32(30,31)27-14-12-21(18-27)13-15-28-22(29)24(26-23(28)25,16-19-8-4-2-5-9-19)17-20-10-6-3-7-11-20/h19-21H,2-18H2,1H3,(H2,25,26). The molecule has 2 aliphatic carbocycles. The lowest BCUT2D eigenvalue weighted by molar-refractivity contribution is -0.132. The van der Waals surface area contributed by atoms with Crippen LogP contribution in [0.4, 0.5) is 0 Å². The maximum absolute atomic E-state index is 13.8. The van der Waals surface area contributed by atoms with Crippen LogP contribution in [0.5, 0.6) is 0 Å². The molecule has 0 radical (unpaired) electrons. The molecule has 0 aromatic heterocycles. The quantitative estimate of drug-likeness (QED) is 0.570. The summed E-state index contributed by atoms with van der Waals surface area (Å²) in [7, 11) is -3.15. The zero-order valence-electron chi connectivity index (χ0n) is 19.8. The zero-order chi connectivity index (χ0) is 22.8. The Morgan fingerprint density at radius 3 is 2.00 bits per heavy atom. The summed E-state index contributed by atoms with van der Waals surface area (Å²) in [5, 5.41) is 12.1. The van der Waals surface area contributed by atoms with Crippen molar-refractivity contribution in [3.63, 3.8) is 0 Å². The van der Waals surface area contributed by atoms with E-state index in [2.05, 4.69) is 5.32 Å². The molecular formula is C24H42N4O3S. The molecule has 1 atom stereocenters. The van der Waals surface area contributed by atoms with Crippen LogP contribution < -0.4 is 5.32 Å². The Kier molecular flexibility index (Phi) is 7.50. The molecule has 2 N–H and O–H groups in total. The summed E-state index contributed by atoms with van der Waals surface area (Å²) in [5.41, 5.74) is -0.602. The summed E-state index contributed by atoms with van der Waals surface area (Å²) >= 11 is 0. The molecule has 2 aliphatic heterocycles. The molecule has 32 heavy (non-hydrogen) atoms. The Morgan fingerprint density at radius 2 is 1.50 bits per heavy atom. The fourth-order valence-corrected chi connectivity index (χ4v) is 7.61. The maximum atomic E-state index is 13.8. The number of guanidine groups is 1. The minimum Gasteiger partial charge on any atom is -0.342 e. The van der Waals surface area contributed by atoms with Gasteiger partial charge in [0.05, 0.1) is 6.26 Å². The van der Waals surface area contributed by atoms with Crippen molar-refractivity contribution >= 4 is 21.9 Å². The highest BCUT2D eigenvalue weighted by molar-refractivity contribution is 7.88. The van der Waals surface area contributed by atoms with E-state index in [1.165, 1.54) is 70.5 Å². The predicted octanol–water partition coefficient (Wildman–Crippen LogP) is 3.70. The molecule has 1 amide bonds. The fourth-order valence-electron chi connectivity index (χ4n) is 6.69. The lowest BCUT2D eigenvalue weighted by Crippen LogP contribution is -2.50. The van der Waals surface area contributed by atoms with Crippen LogP contribution in [0.25, 0.3) is 0 Å². The first-order valence-corrected chi connectivity index (χ1v) is 14.8. The number of carbonyl (C=O) groups is 1. The Labute approximate surface area is 194 Å². The number of amides is 1. The topological polar surface area (TPSA) is 93.6 Å². The van der Waals surface area contributed by atoms with E-state index >= 15 is 0 Å². The molecule has 4 fully saturated rings. The van der Waals surface area contributed by atoms with Crippen LogP contribution in [-0.4, -0.2) is 60.9 Å². The lowest BCUT2D eigenvalue weighted by Gasteiger charge is -2.36. The molecule has 4 rings (SSSR count). The number of carbonyl (C=O) groups excluding carboxylic acids is 1. The number of hydrogen-bond donors (Lipinski definition) is 2. The van der Waals surface area contributed by atoms with Crippen molar-refractivity contribution in [1.82, 2.24) is 14.5 Å². The van der Waals surface area contributed by atoms with E-state index in [-0.39, 0.29) is 17.8 Å². The average molecular weight is 467 g/mol. The SMILES string of the molecule is CS(=O)(=O)N1CCC(CCN2C(=N)NC(CC3CCCCC3)(CC3CCCCC3)C2=O)C1. The number of sulfonamides is 1. The first kappa shape index (κ1) is 24.0. The molecule has 2 heterocycles. The van der Waals surface area contributed by atoms with Crippen molar-refractivity contribution in [3.8, 4) is 0 Å². The molecule has 2 saturated carbocycles. The third kappa shape index (κ3) is 5.49. The van der Waals surface area contributed by atoms with Crippen molar-refractivity contribution in [2.24, 2.45) is 17.8 Å².